The fourth-order valence-electron chi connectivity index (χ4n) is 3.32. The van der Waals surface area contributed by atoms with Crippen molar-refractivity contribution >= 4 is 6.09 Å². The smallest absolute Gasteiger partial charge is 0.407 e. The van der Waals surface area contributed by atoms with Gasteiger partial charge in [0.05, 0.1) is 24.9 Å². The largest absolute Gasteiger partial charge is 0.445 e. The van der Waals surface area contributed by atoms with Crippen LogP contribution in [0.15, 0.2) is 60.7 Å². The predicted molar refractivity (Wildman–Crippen MR) is 106 cm³/mol. The van der Waals surface area contributed by atoms with Gasteiger partial charge in [-0.2, -0.15) is 0 Å². The van der Waals surface area contributed by atoms with Crippen LogP contribution >= 0.6 is 0 Å². The number of carbonyl (C=O) groups excluding carboxylic acids is 1. The van der Waals surface area contributed by atoms with E-state index in [1.54, 1.807) is 6.92 Å². The molecule has 29 heavy (non-hydrogen) atoms. The Labute approximate surface area is 170 Å². The quantitative estimate of drug-likeness (QED) is 0.660. The minimum Gasteiger partial charge on any atom is -0.445 e. The molecule has 1 fully saturated rings. The summed E-state index contributed by atoms with van der Waals surface area (Å²) in [4.78, 5) is 12.1. The lowest BCUT2D eigenvalue weighted by Crippen LogP contribution is -2.56. The summed E-state index contributed by atoms with van der Waals surface area (Å²) in [7, 11) is 0. The number of ether oxygens (including phenoxy) is 3. The number of aliphatic hydroxyl groups excluding tert-OH is 2. The minimum atomic E-state index is -0.872. The minimum absolute atomic E-state index is 0.145. The zero-order chi connectivity index (χ0) is 20.6. The zero-order valence-corrected chi connectivity index (χ0v) is 16.3. The molecule has 1 aliphatic rings. The van der Waals surface area contributed by atoms with E-state index in [0.717, 1.165) is 11.1 Å². The van der Waals surface area contributed by atoms with Gasteiger partial charge in [0.2, 0.25) is 0 Å². The summed E-state index contributed by atoms with van der Waals surface area (Å²) in [5.41, 5.74) is 1.70. The van der Waals surface area contributed by atoms with Gasteiger partial charge in [-0.15, -0.1) is 0 Å². The van der Waals surface area contributed by atoms with Gasteiger partial charge in [0.15, 0.2) is 6.29 Å². The van der Waals surface area contributed by atoms with Crippen molar-refractivity contribution in [2.24, 2.45) is 0 Å². The van der Waals surface area contributed by atoms with E-state index in [4.69, 9.17) is 14.2 Å². The molecule has 1 heterocycles. The Hall–Kier alpha value is -2.45. The van der Waals surface area contributed by atoms with Crippen molar-refractivity contribution < 1.29 is 29.2 Å². The summed E-state index contributed by atoms with van der Waals surface area (Å²) >= 11 is 0. The van der Waals surface area contributed by atoms with Crippen molar-refractivity contribution in [2.45, 2.75) is 50.6 Å². The first kappa shape index (κ1) is 21.3. The molecule has 156 valence electrons. The Morgan fingerprint density at radius 3 is 2.45 bits per heavy atom. The van der Waals surface area contributed by atoms with Crippen LogP contribution in [-0.4, -0.2) is 47.5 Å². The van der Waals surface area contributed by atoms with E-state index in [9.17, 15) is 15.0 Å². The first-order valence-corrected chi connectivity index (χ1v) is 9.69. The van der Waals surface area contributed by atoms with Crippen LogP contribution in [0.3, 0.4) is 0 Å². The molecule has 0 unspecified atom stereocenters. The number of hydrogen-bond donors (Lipinski definition) is 3. The molecule has 2 aromatic carbocycles. The van der Waals surface area contributed by atoms with Crippen molar-refractivity contribution in [1.82, 2.24) is 5.32 Å². The molecule has 0 spiro atoms. The molecular formula is C22H27NO6. The van der Waals surface area contributed by atoms with E-state index >= 15 is 0 Å². The van der Waals surface area contributed by atoms with Crippen LogP contribution in [-0.2, 0) is 20.8 Å². The maximum Gasteiger partial charge on any atom is 0.407 e. The monoisotopic (exact) mass is 401 g/mol. The van der Waals surface area contributed by atoms with E-state index in [2.05, 4.69) is 5.32 Å². The van der Waals surface area contributed by atoms with Gasteiger partial charge in [0.25, 0.3) is 0 Å². The lowest BCUT2D eigenvalue weighted by atomic mass is 9.99. The SMILES string of the molecule is C[C@@H]1O[C@@H](O[C@@H](CO)c2ccccc2)C[C@H](O)[C@@H]1NC(=O)OCc1ccccc1. The first-order valence-electron chi connectivity index (χ1n) is 9.69. The zero-order valence-electron chi connectivity index (χ0n) is 16.3. The number of hydrogen-bond acceptors (Lipinski definition) is 6. The van der Waals surface area contributed by atoms with Crippen LogP contribution in [0.4, 0.5) is 4.79 Å². The highest BCUT2D eigenvalue weighted by Crippen LogP contribution is 2.26. The van der Waals surface area contributed by atoms with Crippen molar-refractivity contribution in [2.75, 3.05) is 6.61 Å². The van der Waals surface area contributed by atoms with Crippen LogP contribution in [0.2, 0.25) is 0 Å². The third-order valence-corrected chi connectivity index (χ3v) is 4.87. The van der Waals surface area contributed by atoms with Gasteiger partial charge in [-0.05, 0) is 18.1 Å². The maximum atomic E-state index is 12.1. The van der Waals surface area contributed by atoms with Gasteiger partial charge in [0, 0.05) is 6.42 Å². The number of rotatable bonds is 7. The number of aliphatic hydroxyl groups is 2. The highest BCUT2D eigenvalue weighted by Gasteiger charge is 2.38. The van der Waals surface area contributed by atoms with Crippen molar-refractivity contribution in [3.05, 3.63) is 71.8 Å². The van der Waals surface area contributed by atoms with E-state index in [1.807, 2.05) is 60.7 Å². The molecular weight excluding hydrogens is 374 g/mol. The molecule has 0 bridgehead atoms. The third-order valence-electron chi connectivity index (χ3n) is 4.87. The van der Waals surface area contributed by atoms with Gasteiger partial charge >= 0.3 is 6.09 Å². The first-order chi connectivity index (χ1) is 14.1. The van der Waals surface area contributed by atoms with Gasteiger partial charge in [-0.1, -0.05) is 60.7 Å². The molecule has 1 saturated heterocycles. The second kappa shape index (κ2) is 10.4. The highest BCUT2D eigenvalue weighted by atomic mass is 16.7. The topological polar surface area (TPSA) is 97.3 Å². The molecule has 7 nitrogen and oxygen atoms in total. The standard InChI is InChI=1S/C22H27NO6/c1-15-21(23-22(26)27-14-16-8-4-2-5-9-16)18(25)12-20(28-15)29-19(13-24)17-10-6-3-7-11-17/h2-11,15,18-21,24-25H,12-14H2,1H3,(H,23,26)/t15-,18-,19-,20-,21+/m0/s1. The fourth-order valence-corrected chi connectivity index (χ4v) is 3.32. The lowest BCUT2D eigenvalue weighted by Gasteiger charge is -2.39. The summed E-state index contributed by atoms with van der Waals surface area (Å²) in [5, 5.41) is 22.8. The number of benzene rings is 2. The average Bonchev–Trinajstić information content (AvgIpc) is 2.74. The molecule has 0 radical (unpaired) electrons. The van der Waals surface area contributed by atoms with Gasteiger partial charge in [0.1, 0.15) is 12.7 Å². The number of amides is 1. The Balaban J connectivity index is 1.50. The Bertz CT molecular complexity index is 744. The van der Waals surface area contributed by atoms with Crippen molar-refractivity contribution in [3.8, 4) is 0 Å². The average molecular weight is 401 g/mol. The maximum absolute atomic E-state index is 12.1. The molecule has 2 aromatic rings. The van der Waals surface area contributed by atoms with Gasteiger partial charge < -0.3 is 29.7 Å². The summed E-state index contributed by atoms with van der Waals surface area (Å²) in [6, 6.07) is 18.0. The molecule has 0 aromatic heterocycles. The molecule has 3 rings (SSSR count). The Kier molecular flexibility index (Phi) is 7.60. The van der Waals surface area contributed by atoms with Crippen LogP contribution in [0.5, 0.6) is 0 Å². The number of carbonyl (C=O) groups is 1. The normalized spacial score (nSPS) is 25.2. The molecule has 0 aliphatic carbocycles. The third kappa shape index (κ3) is 6.01. The summed E-state index contributed by atoms with van der Waals surface area (Å²) in [6.45, 7) is 1.69. The second-order valence-corrected chi connectivity index (χ2v) is 7.02. The van der Waals surface area contributed by atoms with Crippen LogP contribution in [0, 0.1) is 0 Å². The van der Waals surface area contributed by atoms with E-state index < -0.39 is 36.7 Å². The van der Waals surface area contributed by atoms with E-state index in [1.165, 1.54) is 0 Å². The summed E-state index contributed by atoms with van der Waals surface area (Å²) < 4.78 is 16.9. The van der Waals surface area contributed by atoms with Crippen LogP contribution < -0.4 is 5.32 Å². The summed E-state index contributed by atoms with van der Waals surface area (Å²) in [6.07, 6.45) is -3.08. The highest BCUT2D eigenvalue weighted by molar-refractivity contribution is 5.67. The predicted octanol–water partition coefficient (Wildman–Crippen LogP) is 2.53. The van der Waals surface area contributed by atoms with E-state index in [-0.39, 0.29) is 19.6 Å². The number of alkyl carbamates (subject to hydrolysis) is 1. The fraction of sp³-hybridized carbons (Fsp3) is 0.409. The molecule has 5 atom stereocenters. The van der Waals surface area contributed by atoms with Gasteiger partial charge in [-0.25, -0.2) is 4.79 Å². The summed E-state index contributed by atoms with van der Waals surface area (Å²) in [5.74, 6) is 0. The molecule has 1 aliphatic heterocycles. The van der Waals surface area contributed by atoms with Crippen LogP contribution in [0.25, 0.3) is 0 Å². The van der Waals surface area contributed by atoms with Gasteiger partial charge in [-0.3, -0.25) is 0 Å². The van der Waals surface area contributed by atoms with Crippen LogP contribution in [0.1, 0.15) is 30.6 Å². The van der Waals surface area contributed by atoms with Crippen molar-refractivity contribution in [3.63, 3.8) is 0 Å². The Morgan fingerprint density at radius 2 is 1.83 bits per heavy atom. The van der Waals surface area contributed by atoms with Crippen molar-refractivity contribution in [1.29, 1.82) is 0 Å². The Morgan fingerprint density at radius 1 is 1.17 bits per heavy atom. The molecule has 0 saturated carbocycles. The number of nitrogens with one attached hydrogen (secondary N) is 1. The second-order valence-electron chi connectivity index (χ2n) is 7.02. The molecule has 3 N–H and O–H groups in total. The molecule has 1 amide bonds. The lowest BCUT2D eigenvalue weighted by molar-refractivity contribution is -0.243. The molecule has 7 heteroatoms. The van der Waals surface area contributed by atoms with E-state index in [0.29, 0.717) is 0 Å².